The van der Waals surface area contributed by atoms with Gasteiger partial charge in [0.25, 0.3) is 0 Å². The number of sulfonamides is 1. The summed E-state index contributed by atoms with van der Waals surface area (Å²) in [6.45, 7) is -0.947. The number of nitrogens with two attached hydrogens (primary N) is 1. The largest absolute Gasteiger partial charge is 0.408 e. The van der Waals surface area contributed by atoms with Gasteiger partial charge in [-0.2, -0.15) is 18.3 Å². The van der Waals surface area contributed by atoms with Gasteiger partial charge in [-0.3, -0.25) is 4.68 Å². The van der Waals surface area contributed by atoms with Crippen LogP contribution in [0.15, 0.2) is 17.3 Å². The number of hydrogen-bond donors (Lipinski definition) is 2. The number of halogens is 3. The van der Waals surface area contributed by atoms with Gasteiger partial charge in [-0.1, -0.05) is 6.42 Å². The predicted octanol–water partition coefficient (Wildman–Crippen LogP) is 0.851. The van der Waals surface area contributed by atoms with E-state index < -0.39 is 22.7 Å². The molecule has 6 nitrogen and oxygen atoms in total. The number of rotatable bonds is 5. The van der Waals surface area contributed by atoms with Gasteiger partial charge in [-0.05, 0) is 25.3 Å². The minimum atomic E-state index is -4.45. The van der Waals surface area contributed by atoms with Crippen LogP contribution in [0.3, 0.4) is 0 Å². The zero-order valence-electron chi connectivity index (χ0n) is 11.2. The normalized spacial score (nSPS) is 23.6. The Labute approximate surface area is 120 Å². The quantitative estimate of drug-likeness (QED) is 0.839. The van der Waals surface area contributed by atoms with Crippen molar-refractivity contribution >= 4 is 10.0 Å². The Morgan fingerprint density at radius 1 is 1.43 bits per heavy atom. The summed E-state index contributed by atoms with van der Waals surface area (Å²) in [5.74, 6) is 0.0602. The lowest BCUT2D eigenvalue weighted by Gasteiger charge is -2.18. The smallest absolute Gasteiger partial charge is 0.330 e. The SMILES string of the molecule is NCC1CCCC1NS(=O)(=O)c1cnn(CC(F)(F)F)c1. The number of nitrogens with zero attached hydrogens (tertiary/aromatic N) is 2. The van der Waals surface area contributed by atoms with E-state index in [-0.39, 0.29) is 16.9 Å². The zero-order valence-corrected chi connectivity index (χ0v) is 12.0. The van der Waals surface area contributed by atoms with Crippen LogP contribution < -0.4 is 10.5 Å². The molecular weight excluding hydrogens is 309 g/mol. The van der Waals surface area contributed by atoms with Crippen LogP contribution in [0.2, 0.25) is 0 Å². The second-order valence-corrected chi connectivity index (χ2v) is 6.86. The lowest BCUT2D eigenvalue weighted by molar-refractivity contribution is -0.142. The summed E-state index contributed by atoms with van der Waals surface area (Å²) in [5, 5.41) is 3.43. The summed E-state index contributed by atoms with van der Waals surface area (Å²) in [6, 6.07) is -0.272. The molecule has 1 fully saturated rings. The fourth-order valence-corrected chi connectivity index (χ4v) is 3.79. The molecule has 1 saturated carbocycles. The van der Waals surface area contributed by atoms with Gasteiger partial charge in [0.2, 0.25) is 10.0 Å². The Morgan fingerprint density at radius 2 is 2.14 bits per heavy atom. The van der Waals surface area contributed by atoms with E-state index in [4.69, 9.17) is 5.73 Å². The molecule has 0 radical (unpaired) electrons. The van der Waals surface area contributed by atoms with Gasteiger partial charge in [0.1, 0.15) is 11.4 Å². The Hall–Kier alpha value is -1.13. The van der Waals surface area contributed by atoms with E-state index in [9.17, 15) is 21.6 Å². The third kappa shape index (κ3) is 4.17. The lowest BCUT2D eigenvalue weighted by atomic mass is 10.1. The van der Waals surface area contributed by atoms with Gasteiger partial charge < -0.3 is 5.73 Å². The molecule has 0 bridgehead atoms. The van der Waals surface area contributed by atoms with Gasteiger partial charge in [0, 0.05) is 12.2 Å². The molecule has 0 saturated heterocycles. The van der Waals surface area contributed by atoms with Crippen LogP contribution in [0.25, 0.3) is 0 Å². The van der Waals surface area contributed by atoms with Crippen molar-refractivity contribution in [2.45, 2.75) is 42.9 Å². The monoisotopic (exact) mass is 326 g/mol. The molecule has 1 aliphatic rings. The summed E-state index contributed by atoms with van der Waals surface area (Å²) in [7, 11) is -3.88. The van der Waals surface area contributed by atoms with Crippen molar-refractivity contribution in [3.63, 3.8) is 0 Å². The first-order chi connectivity index (χ1) is 9.71. The lowest BCUT2D eigenvalue weighted by Crippen LogP contribution is -2.39. The average molecular weight is 326 g/mol. The van der Waals surface area contributed by atoms with E-state index in [0.717, 1.165) is 25.2 Å². The van der Waals surface area contributed by atoms with Crippen molar-refractivity contribution in [2.75, 3.05) is 6.54 Å². The molecule has 0 aromatic carbocycles. The fourth-order valence-electron chi connectivity index (χ4n) is 2.49. The van der Waals surface area contributed by atoms with Gasteiger partial charge in [0.05, 0.1) is 6.20 Å². The van der Waals surface area contributed by atoms with Crippen molar-refractivity contribution in [1.29, 1.82) is 0 Å². The van der Waals surface area contributed by atoms with Crippen molar-refractivity contribution in [1.82, 2.24) is 14.5 Å². The summed E-state index contributed by atoms with van der Waals surface area (Å²) < 4.78 is 64.0. The van der Waals surface area contributed by atoms with Crippen molar-refractivity contribution in [3.8, 4) is 0 Å². The van der Waals surface area contributed by atoms with E-state index in [1.54, 1.807) is 0 Å². The molecule has 2 unspecified atom stereocenters. The predicted molar refractivity (Wildman–Crippen MR) is 68.8 cm³/mol. The molecule has 0 aliphatic heterocycles. The van der Waals surface area contributed by atoms with Crippen LogP contribution in [-0.2, 0) is 16.6 Å². The maximum atomic E-state index is 12.2. The number of hydrogen-bond acceptors (Lipinski definition) is 4. The number of alkyl halides is 3. The van der Waals surface area contributed by atoms with Gasteiger partial charge >= 0.3 is 6.18 Å². The summed E-state index contributed by atoms with van der Waals surface area (Å²) in [4.78, 5) is -0.269. The maximum absolute atomic E-state index is 12.2. The highest BCUT2D eigenvalue weighted by Gasteiger charge is 2.32. The van der Waals surface area contributed by atoms with Crippen LogP contribution in [0.5, 0.6) is 0 Å². The first kappa shape index (κ1) is 16.2. The summed E-state index contributed by atoms with van der Waals surface area (Å²) in [5.41, 5.74) is 5.58. The Kier molecular flexibility index (Phi) is 4.59. The first-order valence-electron chi connectivity index (χ1n) is 6.53. The maximum Gasteiger partial charge on any atom is 0.408 e. The molecule has 1 heterocycles. The first-order valence-corrected chi connectivity index (χ1v) is 8.01. The molecule has 3 N–H and O–H groups in total. The Balaban J connectivity index is 2.09. The molecular formula is C11H17F3N4O2S. The topological polar surface area (TPSA) is 90.0 Å². The summed E-state index contributed by atoms with van der Waals surface area (Å²) in [6.07, 6.45) is -0.253. The minimum absolute atomic E-state index is 0.0602. The molecule has 2 rings (SSSR count). The third-order valence-electron chi connectivity index (χ3n) is 3.53. The van der Waals surface area contributed by atoms with E-state index in [0.29, 0.717) is 17.6 Å². The van der Waals surface area contributed by atoms with Crippen molar-refractivity contribution in [3.05, 3.63) is 12.4 Å². The number of nitrogens with one attached hydrogen (secondary N) is 1. The fraction of sp³-hybridized carbons (Fsp3) is 0.727. The molecule has 2 atom stereocenters. The highest BCUT2D eigenvalue weighted by molar-refractivity contribution is 7.89. The van der Waals surface area contributed by atoms with Crippen LogP contribution in [0.4, 0.5) is 13.2 Å². The Morgan fingerprint density at radius 3 is 2.76 bits per heavy atom. The van der Waals surface area contributed by atoms with Crippen LogP contribution in [0, 0.1) is 5.92 Å². The Bertz CT molecular complexity index is 585. The molecule has 0 spiro atoms. The third-order valence-corrected chi connectivity index (χ3v) is 4.97. The van der Waals surface area contributed by atoms with E-state index in [2.05, 4.69) is 9.82 Å². The van der Waals surface area contributed by atoms with Crippen LogP contribution in [-0.4, -0.2) is 37.0 Å². The molecule has 1 aromatic heterocycles. The molecule has 10 heteroatoms. The van der Waals surface area contributed by atoms with Crippen molar-refractivity contribution in [2.24, 2.45) is 11.7 Å². The highest BCUT2D eigenvalue weighted by atomic mass is 32.2. The second kappa shape index (κ2) is 5.93. The minimum Gasteiger partial charge on any atom is -0.330 e. The second-order valence-electron chi connectivity index (χ2n) is 5.14. The van der Waals surface area contributed by atoms with Gasteiger partial charge in [-0.15, -0.1) is 0 Å². The van der Waals surface area contributed by atoms with Crippen molar-refractivity contribution < 1.29 is 21.6 Å². The van der Waals surface area contributed by atoms with Crippen LogP contribution in [0.1, 0.15) is 19.3 Å². The average Bonchev–Trinajstić information content (AvgIpc) is 2.95. The zero-order chi connectivity index (χ0) is 15.7. The van der Waals surface area contributed by atoms with Gasteiger partial charge in [0.15, 0.2) is 0 Å². The van der Waals surface area contributed by atoms with E-state index in [1.165, 1.54) is 0 Å². The van der Waals surface area contributed by atoms with E-state index in [1.807, 2.05) is 0 Å². The molecule has 120 valence electrons. The molecule has 1 aromatic rings. The summed E-state index contributed by atoms with van der Waals surface area (Å²) >= 11 is 0. The van der Waals surface area contributed by atoms with Gasteiger partial charge in [-0.25, -0.2) is 13.1 Å². The molecule has 1 aliphatic carbocycles. The number of aromatic nitrogens is 2. The molecule has 0 amide bonds. The standard InChI is InChI=1S/C11H17F3N4O2S/c12-11(13,14)7-18-6-9(5-16-18)21(19,20)17-10-3-1-2-8(10)4-15/h5-6,8,10,17H,1-4,7,15H2. The van der Waals surface area contributed by atoms with Crippen LogP contribution >= 0.6 is 0 Å². The van der Waals surface area contributed by atoms with E-state index >= 15 is 0 Å². The highest BCUT2D eigenvalue weighted by Crippen LogP contribution is 2.26. The molecule has 21 heavy (non-hydrogen) atoms.